The lowest BCUT2D eigenvalue weighted by Crippen LogP contribution is -2.25. The molecule has 9 heteroatoms. The van der Waals surface area contributed by atoms with Gasteiger partial charge in [-0.25, -0.2) is 9.48 Å². The number of benzene rings is 1. The van der Waals surface area contributed by atoms with Gasteiger partial charge in [-0.1, -0.05) is 12.1 Å². The molecule has 0 atom stereocenters. The number of carbonyl (C=O) groups is 2. The van der Waals surface area contributed by atoms with Crippen molar-refractivity contribution in [1.82, 2.24) is 9.78 Å². The number of methoxy groups -OCH3 is 1. The van der Waals surface area contributed by atoms with Gasteiger partial charge >= 0.3 is 5.97 Å². The molecule has 0 bridgehead atoms. The predicted molar refractivity (Wildman–Crippen MR) is 122 cm³/mol. The molecule has 162 valence electrons. The van der Waals surface area contributed by atoms with Crippen molar-refractivity contribution >= 4 is 33.8 Å². The number of thiophene rings is 1. The highest BCUT2D eigenvalue weighted by Gasteiger charge is 2.25. The third-order valence-corrected chi connectivity index (χ3v) is 6.03. The summed E-state index contributed by atoms with van der Waals surface area (Å²) < 4.78 is 6.30. The molecule has 0 unspecified atom stereocenters. The Hall–Kier alpha value is -4.03. The molecule has 32 heavy (non-hydrogen) atoms. The van der Waals surface area contributed by atoms with Crippen molar-refractivity contribution in [2.24, 2.45) is 0 Å². The number of nitrogens with zero attached hydrogens (tertiary/aromatic N) is 3. The summed E-state index contributed by atoms with van der Waals surface area (Å²) >= 11 is 1.12. The Kier molecular flexibility index (Phi) is 6.66. The molecule has 2 aromatic heterocycles. The van der Waals surface area contributed by atoms with Gasteiger partial charge in [-0.05, 0) is 49.6 Å². The van der Waals surface area contributed by atoms with Crippen LogP contribution >= 0.6 is 11.3 Å². The Morgan fingerprint density at radius 3 is 2.69 bits per heavy atom. The van der Waals surface area contributed by atoms with E-state index < -0.39 is 17.3 Å². The van der Waals surface area contributed by atoms with E-state index >= 15 is 0 Å². The lowest BCUT2D eigenvalue weighted by atomic mass is 10.1. The molecule has 1 amide bonds. The fourth-order valence-corrected chi connectivity index (χ4v) is 4.29. The Morgan fingerprint density at radius 2 is 2.03 bits per heavy atom. The fourth-order valence-electron chi connectivity index (χ4n) is 3.13. The number of hydrogen-bond donors (Lipinski definition) is 1. The molecule has 8 nitrogen and oxygen atoms in total. The molecule has 0 radical (unpaired) electrons. The van der Waals surface area contributed by atoms with E-state index in [-0.39, 0.29) is 16.3 Å². The average molecular weight is 449 g/mol. The lowest BCUT2D eigenvalue weighted by molar-refractivity contribution is 0.0601. The van der Waals surface area contributed by atoms with Gasteiger partial charge in [0.15, 0.2) is 5.69 Å². The monoisotopic (exact) mass is 448 g/mol. The molecular formula is C23H20N4O4S. The number of ether oxygens (including phenoxy) is 1. The molecule has 0 aliphatic carbocycles. The third-order valence-electron chi connectivity index (χ3n) is 4.69. The van der Waals surface area contributed by atoms with Crippen LogP contribution < -0.4 is 10.7 Å². The SMILES string of the molecule is COC(=O)c1c(NC(=O)c2nn(-c3cccc(C)c3)ccc2=O)sc(C(C)=CC#N)c1C. The van der Waals surface area contributed by atoms with Crippen LogP contribution in [0.15, 0.2) is 47.4 Å². The third kappa shape index (κ3) is 4.50. The van der Waals surface area contributed by atoms with Gasteiger partial charge in [0.25, 0.3) is 5.91 Å². The lowest BCUT2D eigenvalue weighted by Gasteiger charge is -2.09. The van der Waals surface area contributed by atoms with E-state index in [9.17, 15) is 14.4 Å². The normalized spacial score (nSPS) is 11.0. The van der Waals surface area contributed by atoms with E-state index in [1.807, 2.05) is 31.2 Å². The van der Waals surface area contributed by atoms with Gasteiger partial charge < -0.3 is 10.1 Å². The first-order chi connectivity index (χ1) is 15.3. The highest BCUT2D eigenvalue weighted by molar-refractivity contribution is 7.18. The zero-order valence-electron chi connectivity index (χ0n) is 17.9. The van der Waals surface area contributed by atoms with Crippen molar-refractivity contribution in [1.29, 1.82) is 5.26 Å². The minimum Gasteiger partial charge on any atom is -0.465 e. The molecule has 0 spiro atoms. The summed E-state index contributed by atoms with van der Waals surface area (Å²) in [5.74, 6) is -1.39. The van der Waals surface area contributed by atoms with Gasteiger partial charge in [0.05, 0.1) is 24.4 Å². The standard InChI is InChI=1S/C23H20N4O4S/c1-13-6-5-7-16(12-13)27-11-9-17(28)19(26-27)21(29)25-22-18(23(30)31-4)15(3)20(32-22)14(2)8-10-24/h5-9,11-12H,1-4H3,(H,25,29). The molecule has 0 saturated carbocycles. The minimum atomic E-state index is -0.753. The summed E-state index contributed by atoms with van der Waals surface area (Å²) in [6.07, 6.45) is 2.84. The maximum atomic E-state index is 13.0. The number of amides is 1. The van der Waals surface area contributed by atoms with Crippen molar-refractivity contribution in [2.75, 3.05) is 12.4 Å². The maximum absolute atomic E-state index is 13.0. The first-order valence-corrected chi connectivity index (χ1v) is 10.3. The van der Waals surface area contributed by atoms with E-state index in [1.165, 1.54) is 30.1 Å². The van der Waals surface area contributed by atoms with Gasteiger partial charge in [0, 0.05) is 23.2 Å². The predicted octanol–water partition coefficient (Wildman–Crippen LogP) is 3.88. The van der Waals surface area contributed by atoms with Crippen molar-refractivity contribution in [3.8, 4) is 11.8 Å². The molecule has 0 aliphatic rings. The fraction of sp³-hybridized carbons (Fsp3) is 0.174. The first-order valence-electron chi connectivity index (χ1n) is 9.53. The van der Waals surface area contributed by atoms with Gasteiger partial charge in [-0.15, -0.1) is 11.3 Å². The number of aryl methyl sites for hydroxylation is 1. The molecule has 0 saturated heterocycles. The molecule has 0 fully saturated rings. The molecule has 3 aromatic rings. The Labute approximate surface area is 188 Å². The van der Waals surface area contributed by atoms with Crippen LogP contribution in [0.5, 0.6) is 0 Å². The van der Waals surface area contributed by atoms with Crippen LogP contribution in [0.4, 0.5) is 5.00 Å². The Bertz CT molecular complexity index is 1340. The van der Waals surface area contributed by atoms with Crippen LogP contribution in [0.3, 0.4) is 0 Å². The summed E-state index contributed by atoms with van der Waals surface area (Å²) in [5, 5.41) is 16.0. The number of hydrogen-bond acceptors (Lipinski definition) is 7. The second kappa shape index (κ2) is 9.41. The zero-order valence-corrected chi connectivity index (χ0v) is 18.7. The number of esters is 1. The Morgan fingerprint density at radius 1 is 1.28 bits per heavy atom. The van der Waals surface area contributed by atoms with Crippen LogP contribution in [0, 0.1) is 25.2 Å². The van der Waals surface area contributed by atoms with Crippen molar-refractivity contribution < 1.29 is 14.3 Å². The van der Waals surface area contributed by atoms with Crippen molar-refractivity contribution in [2.45, 2.75) is 20.8 Å². The maximum Gasteiger partial charge on any atom is 0.341 e. The summed E-state index contributed by atoms with van der Waals surface area (Å²) in [5.41, 5.74) is 2.20. The second-order valence-electron chi connectivity index (χ2n) is 6.97. The highest BCUT2D eigenvalue weighted by atomic mass is 32.1. The number of rotatable bonds is 5. The number of allylic oxidation sites excluding steroid dienone is 2. The van der Waals surface area contributed by atoms with E-state index in [0.717, 1.165) is 16.9 Å². The average Bonchev–Trinajstić information content (AvgIpc) is 3.09. The quantitative estimate of drug-likeness (QED) is 0.468. The minimum absolute atomic E-state index is 0.168. The van der Waals surface area contributed by atoms with Gasteiger partial charge in [-0.2, -0.15) is 10.4 Å². The van der Waals surface area contributed by atoms with E-state index in [4.69, 9.17) is 10.00 Å². The summed E-state index contributed by atoms with van der Waals surface area (Å²) in [6, 6.07) is 10.7. The smallest absolute Gasteiger partial charge is 0.341 e. The molecule has 3 rings (SSSR count). The second-order valence-corrected chi connectivity index (χ2v) is 8.00. The van der Waals surface area contributed by atoms with Gasteiger partial charge in [0.1, 0.15) is 5.00 Å². The molecule has 2 heterocycles. The number of nitriles is 1. The summed E-state index contributed by atoms with van der Waals surface area (Å²) in [4.78, 5) is 38.4. The number of aromatic nitrogens is 2. The number of anilines is 1. The molecule has 1 N–H and O–H groups in total. The zero-order chi connectivity index (χ0) is 23.4. The van der Waals surface area contributed by atoms with Gasteiger partial charge in [0.2, 0.25) is 5.43 Å². The van der Waals surface area contributed by atoms with E-state index in [1.54, 1.807) is 19.9 Å². The molecule has 0 aliphatic heterocycles. The van der Waals surface area contributed by atoms with Crippen LogP contribution in [-0.2, 0) is 4.74 Å². The molecule has 1 aromatic carbocycles. The van der Waals surface area contributed by atoms with Crippen LogP contribution in [0.1, 0.15) is 43.8 Å². The molecular weight excluding hydrogens is 428 g/mol. The summed E-state index contributed by atoms with van der Waals surface area (Å²) in [7, 11) is 1.24. The van der Waals surface area contributed by atoms with Crippen molar-refractivity contribution in [3.05, 3.63) is 80.1 Å². The topological polar surface area (TPSA) is 114 Å². The van der Waals surface area contributed by atoms with Crippen molar-refractivity contribution in [3.63, 3.8) is 0 Å². The largest absolute Gasteiger partial charge is 0.465 e. The number of carbonyl (C=O) groups excluding carboxylic acids is 2. The highest BCUT2D eigenvalue weighted by Crippen LogP contribution is 2.37. The van der Waals surface area contributed by atoms with Gasteiger partial charge in [-0.3, -0.25) is 9.59 Å². The van der Waals surface area contributed by atoms with E-state index in [0.29, 0.717) is 21.7 Å². The van der Waals surface area contributed by atoms with Crippen LogP contribution in [0.25, 0.3) is 11.3 Å². The van der Waals surface area contributed by atoms with Crippen LogP contribution in [-0.4, -0.2) is 28.8 Å². The van der Waals surface area contributed by atoms with Crippen LogP contribution in [0.2, 0.25) is 0 Å². The number of nitrogens with one attached hydrogen (secondary N) is 1. The summed E-state index contributed by atoms with van der Waals surface area (Å²) in [6.45, 7) is 5.36. The van der Waals surface area contributed by atoms with E-state index in [2.05, 4.69) is 10.4 Å². The first kappa shape index (κ1) is 22.7. The Balaban J connectivity index is 2.04.